The number of carbonyl (C=O) groups excluding carboxylic acids is 1. The van der Waals surface area contributed by atoms with Gasteiger partial charge in [0.25, 0.3) is 0 Å². The first kappa shape index (κ1) is 14.5. The van der Waals surface area contributed by atoms with E-state index >= 15 is 0 Å². The van der Waals surface area contributed by atoms with E-state index in [1.807, 2.05) is 0 Å². The number of amides is 1. The highest BCUT2D eigenvalue weighted by Crippen LogP contribution is 2.29. The molecule has 0 heterocycles. The van der Waals surface area contributed by atoms with Crippen LogP contribution in [0.15, 0.2) is 0 Å². The minimum absolute atomic E-state index is 0.0940. The van der Waals surface area contributed by atoms with Crippen molar-refractivity contribution in [3.8, 4) is 0 Å². The number of primary amides is 1. The molecule has 1 fully saturated rings. The van der Waals surface area contributed by atoms with Crippen molar-refractivity contribution in [3.05, 3.63) is 0 Å². The summed E-state index contributed by atoms with van der Waals surface area (Å²) in [5, 5.41) is 0. The third-order valence-electron chi connectivity index (χ3n) is 3.61. The number of hydrogen-bond donors (Lipinski definition) is 2. The molecule has 1 aliphatic rings. The first-order valence-corrected chi connectivity index (χ1v) is 6.81. The standard InChI is InChI=1S/C13H26N2O2/c14-11-13(8-4-1-2-5-9-13)17-10-6-3-7-12(15)16/h1-11,14H2,(H2,15,16). The van der Waals surface area contributed by atoms with Gasteiger partial charge in [-0.05, 0) is 25.7 Å². The highest BCUT2D eigenvalue weighted by Gasteiger charge is 2.29. The zero-order valence-electron chi connectivity index (χ0n) is 10.7. The largest absolute Gasteiger partial charge is 0.374 e. The van der Waals surface area contributed by atoms with Crippen molar-refractivity contribution in [2.75, 3.05) is 13.2 Å². The molecule has 0 atom stereocenters. The maximum absolute atomic E-state index is 10.6. The van der Waals surface area contributed by atoms with Crippen LogP contribution >= 0.6 is 0 Å². The average molecular weight is 242 g/mol. The molecule has 17 heavy (non-hydrogen) atoms. The van der Waals surface area contributed by atoms with Gasteiger partial charge in [-0.2, -0.15) is 0 Å². The molecule has 1 aliphatic carbocycles. The Kier molecular flexibility index (Phi) is 6.52. The summed E-state index contributed by atoms with van der Waals surface area (Å²) >= 11 is 0. The minimum Gasteiger partial charge on any atom is -0.374 e. The monoisotopic (exact) mass is 242 g/mol. The zero-order chi connectivity index (χ0) is 12.6. The summed E-state index contributed by atoms with van der Waals surface area (Å²) in [6, 6.07) is 0. The summed E-state index contributed by atoms with van der Waals surface area (Å²) in [6.45, 7) is 1.31. The van der Waals surface area contributed by atoms with Gasteiger partial charge in [-0.3, -0.25) is 4.79 Å². The molecule has 0 spiro atoms. The third kappa shape index (κ3) is 5.50. The van der Waals surface area contributed by atoms with Gasteiger partial charge in [0, 0.05) is 19.6 Å². The maximum atomic E-state index is 10.6. The Morgan fingerprint density at radius 2 is 1.76 bits per heavy atom. The van der Waals surface area contributed by atoms with Crippen molar-refractivity contribution in [3.63, 3.8) is 0 Å². The molecule has 1 saturated carbocycles. The Morgan fingerprint density at radius 1 is 1.12 bits per heavy atom. The molecule has 0 aromatic rings. The number of rotatable bonds is 7. The van der Waals surface area contributed by atoms with Gasteiger partial charge in [-0.1, -0.05) is 25.7 Å². The van der Waals surface area contributed by atoms with E-state index in [1.165, 1.54) is 25.7 Å². The second-order valence-electron chi connectivity index (χ2n) is 5.07. The van der Waals surface area contributed by atoms with Gasteiger partial charge < -0.3 is 16.2 Å². The van der Waals surface area contributed by atoms with Crippen LogP contribution < -0.4 is 11.5 Å². The molecule has 0 unspecified atom stereocenters. The SMILES string of the molecule is NCC1(OCCCCC(N)=O)CCCCCC1. The lowest BCUT2D eigenvalue weighted by molar-refractivity contribution is -0.118. The lowest BCUT2D eigenvalue weighted by atomic mass is 9.94. The second-order valence-corrected chi connectivity index (χ2v) is 5.07. The number of carbonyl (C=O) groups is 1. The van der Waals surface area contributed by atoms with Crippen molar-refractivity contribution in [2.24, 2.45) is 11.5 Å². The molecule has 4 heteroatoms. The molecule has 4 nitrogen and oxygen atoms in total. The molecular formula is C13H26N2O2. The molecule has 1 rings (SSSR count). The topological polar surface area (TPSA) is 78.3 Å². The van der Waals surface area contributed by atoms with Crippen LogP contribution in [0.2, 0.25) is 0 Å². The first-order chi connectivity index (χ1) is 8.18. The van der Waals surface area contributed by atoms with Crippen molar-refractivity contribution >= 4 is 5.91 Å². The van der Waals surface area contributed by atoms with Crippen LogP contribution in [0.1, 0.15) is 57.8 Å². The number of unbranched alkanes of at least 4 members (excludes halogenated alkanes) is 1. The van der Waals surface area contributed by atoms with E-state index < -0.39 is 0 Å². The number of ether oxygens (including phenoxy) is 1. The summed E-state index contributed by atoms with van der Waals surface area (Å²) in [4.78, 5) is 10.6. The van der Waals surface area contributed by atoms with Crippen LogP contribution in [0.25, 0.3) is 0 Å². The Hall–Kier alpha value is -0.610. The van der Waals surface area contributed by atoms with Crippen LogP contribution in [0, 0.1) is 0 Å². The van der Waals surface area contributed by atoms with E-state index in [1.54, 1.807) is 0 Å². The third-order valence-corrected chi connectivity index (χ3v) is 3.61. The smallest absolute Gasteiger partial charge is 0.217 e. The van der Waals surface area contributed by atoms with Crippen molar-refractivity contribution in [2.45, 2.75) is 63.4 Å². The van der Waals surface area contributed by atoms with Crippen LogP contribution in [-0.4, -0.2) is 24.7 Å². The molecule has 4 N–H and O–H groups in total. The van der Waals surface area contributed by atoms with Crippen LogP contribution in [-0.2, 0) is 9.53 Å². The molecule has 0 aromatic carbocycles. The van der Waals surface area contributed by atoms with Crippen molar-refractivity contribution in [1.82, 2.24) is 0 Å². The summed E-state index contributed by atoms with van der Waals surface area (Å²) in [6.07, 6.45) is 9.37. The maximum Gasteiger partial charge on any atom is 0.217 e. The fourth-order valence-electron chi connectivity index (χ4n) is 2.47. The molecular weight excluding hydrogens is 216 g/mol. The van der Waals surface area contributed by atoms with E-state index in [0.29, 0.717) is 19.6 Å². The van der Waals surface area contributed by atoms with Gasteiger partial charge in [0.15, 0.2) is 0 Å². The van der Waals surface area contributed by atoms with Gasteiger partial charge >= 0.3 is 0 Å². The molecule has 0 saturated heterocycles. The first-order valence-electron chi connectivity index (χ1n) is 6.81. The normalized spacial score (nSPS) is 19.8. The van der Waals surface area contributed by atoms with E-state index in [9.17, 15) is 4.79 Å². The van der Waals surface area contributed by atoms with Gasteiger partial charge in [-0.15, -0.1) is 0 Å². The van der Waals surface area contributed by atoms with E-state index in [2.05, 4.69) is 0 Å². The Balaban J connectivity index is 2.23. The van der Waals surface area contributed by atoms with Gasteiger partial charge in [0.05, 0.1) is 5.60 Å². The molecule has 0 aliphatic heterocycles. The summed E-state index contributed by atoms with van der Waals surface area (Å²) in [5.74, 6) is -0.229. The lowest BCUT2D eigenvalue weighted by Gasteiger charge is -2.31. The highest BCUT2D eigenvalue weighted by atomic mass is 16.5. The van der Waals surface area contributed by atoms with E-state index in [0.717, 1.165) is 25.7 Å². The highest BCUT2D eigenvalue weighted by molar-refractivity contribution is 5.73. The fraction of sp³-hybridized carbons (Fsp3) is 0.923. The molecule has 100 valence electrons. The quantitative estimate of drug-likeness (QED) is 0.527. The molecule has 0 bridgehead atoms. The summed E-state index contributed by atoms with van der Waals surface area (Å²) in [7, 11) is 0. The fourth-order valence-corrected chi connectivity index (χ4v) is 2.47. The Morgan fingerprint density at radius 3 is 2.29 bits per heavy atom. The van der Waals surface area contributed by atoms with Gasteiger partial charge in [0.1, 0.15) is 0 Å². The Bertz CT molecular complexity index is 223. The van der Waals surface area contributed by atoms with Crippen LogP contribution in [0.5, 0.6) is 0 Å². The van der Waals surface area contributed by atoms with Gasteiger partial charge in [-0.25, -0.2) is 0 Å². The number of nitrogens with two attached hydrogens (primary N) is 2. The molecule has 0 aromatic heterocycles. The van der Waals surface area contributed by atoms with Gasteiger partial charge in [0.2, 0.25) is 5.91 Å². The van der Waals surface area contributed by atoms with Crippen molar-refractivity contribution < 1.29 is 9.53 Å². The van der Waals surface area contributed by atoms with E-state index in [-0.39, 0.29) is 11.5 Å². The second kappa shape index (κ2) is 7.67. The van der Waals surface area contributed by atoms with Crippen LogP contribution in [0.4, 0.5) is 0 Å². The van der Waals surface area contributed by atoms with E-state index in [4.69, 9.17) is 16.2 Å². The zero-order valence-corrected chi connectivity index (χ0v) is 10.7. The lowest BCUT2D eigenvalue weighted by Crippen LogP contribution is -2.40. The predicted octanol–water partition coefficient (Wildman–Crippen LogP) is 1.71. The predicted molar refractivity (Wildman–Crippen MR) is 68.5 cm³/mol. The minimum atomic E-state index is -0.229. The summed E-state index contributed by atoms with van der Waals surface area (Å²) < 4.78 is 6.00. The molecule has 0 radical (unpaired) electrons. The number of hydrogen-bond acceptors (Lipinski definition) is 3. The Labute approximate surface area is 104 Å². The van der Waals surface area contributed by atoms with Crippen LogP contribution in [0.3, 0.4) is 0 Å². The van der Waals surface area contributed by atoms with Crippen molar-refractivity contribution in [1.29, 1.82) is 0 Å². The molecule has 1 amide bonds. The summed E-state index contributed by atoms with van der Waals surface area (Å²) in [5.41, 5.74) is 10.9. The average Bonchev–Trinajstić information content (AvgIpc) is 2.54.